The predicted octanol–water partition coefficient (Wildman–Crippen LogP) is 0.266. The van der Waals surface area contributed by atoms with Gasteiger partial charge in [-0.25, -0.2) is 23.4 Å². The van der Waals surface area contributed by atoms with E-state index < -0.39 is 15.1 Å². The lowest BCUT2D eigenvalue weighted by Crippen LogP contribution is -2.21. The van der Waals surface area contributed by atoms with Crippen molar-refractivity contribution < 1.29 is 13.2 Å². The lowest BCUT2D eigenvalue weighted by atomic mass is 10.2. The van der Waals surface area contributed by atoms with Gasteiger partial charge in [0.15, 0.2) is 9.84 Å². The van der Waals surface area contributed by atoms with Crippen molar-refractivity contribution in [2.45, 2.75) is 16.6 Å². The first-order chi connectivity index (χ1) is 10.5. The monoisotopic (exact) mass is 321 g/mol. The molecule has 0 aromatic carbocycles. The Labute approximate surface area is 127 Å². The number of ether oxygens (including phenoxy) is 1. The summed E-state index contributed by atoms with van der Waals surface area (Å²) in [6, 6.07) is 2.83. The molecule has 1 atom stereocenters. The standard InChI is InChI=1S/C13H15N5O3S/c14-12-4-10(22(19,20)9-1-2-21-7-9)3-11(18-12)8-5-16-13(15)17-6-8/h3-6,9H,1-2,7H2,(H2,14,18)(H2,15,16,17)/t9-/m0/s1. The van der Waals surface area contributed by atoms with Crippen LogP contribution < -0.4 is 11.5 Å². The normalized spacial score (nSPS) is 18.5. The Morgan fingerprint density at radius 3 is 2.55 bits per heavy atom. The molecule has 3 rings (SSSR count). The number of sulfone groups is 1. The van der Waals surface area contributed by atoms with Gasteiger partial charge in [0.1, 0.15) is 5.82 Å². The molecule has 0 unspecified atom stereocenters. The van der Waals surface area contributed by atoms with E-state index >= 15 is 0 Å². The second-order valence-electron chi connectivity index (χ2n) is 4.97. The molecule has 1 fully saturated rings. The molecule has 2 aromatic heterocycles. The molecule has 116 valence electrons. The van der Waals surface area contributed by atoms with Crippen LogP contribution in [-0.2, 0) is 14.6 Å². The van der Waals surface area contributed by atoms with E-state index in [1.54, 1.807) is 0 Å². The molecule has 0 aliphatic carbocycles. The molecule has 2 aromatic rings. The highest BCUT2D eigenvalue weighted by Gasteiger charge is 2.31. The largest absolute Gasteiger partial charge is 0.384 e. The zero-order chi connectivity index (χ0) is 15.7. The zero-order valence-electron chi connectivity index (χ0n) is 11.6. The number of hydrogen-bond donors (Lipinski definition) is 2. The van der Waals surface area contributed by atoms with Crippen molar-refractivity contribution in [3.05, 3.63) is 24.5 Å². The van der Waals surface area contributed by atoms with Gasteiger partial charge in [-0.05, 0) is 18.6 Å². The van der Waals surface area contributed by atoms with Crippen molar-refractivity contribution in [2.75, 3.05) is 24.7 Å². The van der Waals surface area contributed by atoms with Gasteiger partial charge in [0.25, 0.3) is 0 Å². The Kier molecular flexibility index (Phi) is 3.67. The van der Waals surface area contributed by atoms with E-state index in [1.807, 2.05) is 0 Å². The van der Waals surface area contributed by atoms with E-state index in [9.17, 15) is 8.42 Å². The highest BCUT2D eigenvalue weighted by molar-refractivity contribution is 7.92. The number of hydrogen-bond acceptors (Lipinski definition) is 8. The van der Waals surface area contributed by atoms with Crippen LogP contribution in [0, 0.1) is 0 Å². The number of nitrogens with zero attached hydrogens (tertiary/aromatic N) is 3. The Balaban J connectivity index is 2.05. The summed E-state index contributed by atoms with van der Waals surface area (Å²) >= 11 is 0. The number of anilines is 2. The molecule has 0 saturated carbocycles. The van der Waals surface area contributed by atoms with Gasteiger partial charge in [-0.1, -0.05) is 0 Å². The van der Waals surface area contributed by atoms with Crippen LogP contribution in [0.1, 0.15) is 6.42 Å². The third-order valence-corrected chi connectivity index (χ3v) is 5.58. The maximum absolute atomic E-state index is 12.6. The molecule has 22 heavy (non-hydrogen) atoms. The van der Waals surface area contributed by atoms with Gasteiger partial charge < -0.3 is 16.2 Å². The van der Waals surface area contributed by atoms with Crippen molar-refractivity contribution in [3.63, 3.8) is 0 Å². The Bertz CT molecular complexity index is 786. The predicted molar refractivity (Wildman–Crippen MR) is 80.5 cm³/mol. The van der Waals surface area contributed by atoms with Crippen molar-refractivity contribution in [1.82, 2.24) is 15.0 Å². The summed E-state index contributed by atoms with van der Waals surface area (Å²) < 4.78 is 30.4. The number of aromatic nitrogens is 3. The molecule has 1 saturated heterocycles. The van der Waals surface area contributed by atoms with Gasteiger partial charge in [-0.2, -0.15) is 0 Å². The van der Waals surface area contributed by atoms with Crippen LogP contribution in [0.5, 0.6) is 0 Å². The topological polar surface area (TPSA) is 134 Å². The molecule has 1 aliphatic heterocycles. The first-order valence-corrected chi connectivity index (χ1v) is 8.18. The maximum Gasteiger partial charge on any atom is 0.219 e. The van der Waals surface area contributed by atoms with Gasteiger partial charge in [0.2, 0.25) is 5.95 Å². The smallest absolute Gasteiger partial charge is 0.219 e. The summed E-state index contributed by atoms with van der Waals surface area (Å²) in [5.41, 5.74) is 12.1. The average molecular weight is 321 g/mol. The van der Waals surface area contributed by atoms with Crippen LogP contribution in [-0.4, -0.2) is 41.8 Å². The summed E-state index contributed by atoms with van der Waals surface area (Å²) in [6.07, 6.45) is 3.42. The minimum Gasteiger partial charge on any atom is -0.384 e. The van der Waals surface area contributed by atoms with Crippen LogP contribution in [0.4, 0.5) is 11.8 Å². The van der Waals surface area contributed by atoms with Crippen LogP contribution in [0.3, 0.4) is 0 Å². The highest BCUT2D eigenvalue weighted by atomic mass is 32.2. The van der Waals surface area contributed by atoms with Gasteiger partial charge in [0.05, 0.1) is 22.4 Å². The fourth-order valence-electron chi connectivity index (χ4n) is 2.26. The molecule has 0 bridgehead atoms. The molecular formula is C13H15N5O3S. The first-order valence-electron chi connectivity index (χ1n) is 6.64. The van der Waals surface area contributed by atoms with Gasteiger partial charge in [-0.3, -0.25) is 0 Å². The SMILES string of the molecule is Nc1cc(S(=O)(=O)[C@H]2CCOC2)cc(-c2cnc(N)nc2)n1. The zero-order valence-corrected chi connectivity index (χ0v) is 12.5. The number of nitrogen functional groups attached to an aromatic ring is 2. The fraction of sp³-hybridized carbons (Fsp3) is 0.308. The second kappa shape index (κ2) is 5.50. The van der Waals surface area contributed by atoms with E-state index in [-0.39, 0.29) is 23.3 Å². The number of pyridine rings is 1. The molecule has 1 aliphatic rings. The lowest BCUT2D eigenvalue weighted by molar-refractivity contribution is 0.198. The molecule has 3 heterocycles. The van der Waals surface area contributed by atoms with Gasteiger partial charge in [0, 0.05) is 24.6 Å². The first kappa shape index (κ1) is 14.7. The molecule has 0 radical (unpaired) electrons. The molecule has 0 amide bonds. The summed E-state index contributed by atoms with van der Waals surface area (Å²) in [5, 5.41) is -0.551. The third-order valence-electron chi connectivity index (χ3n) is 3.44. The maximum atomic E-state index is 12.6. The summed E-state index contributed by atoms with van der Waals surface area (Å²) in [7, 11) is -3.51. The Hall–Kier alpha value is -2.26. The van der Waals surface area contributed by atoms with E-state index in [4.69, 9.17) is 16.2 Å². The number of rotatable bonds is 3. The minimum atomic E-state index is -3.51. The quantitative estimate of drug-likeness (QED) is 0.822. The van der Waals surface area contributed by atoms with Crippen LogP contribution >= 0.6 is 0 Å². The minimum absolute atomic E-state index is 0.117. The van der Waals surface area contributed by atoms with E-state index in [2.05, 4.69) is 15.0 Å². The van der Waals surface area contributed by atoms with Gasteiger partial charge >= 0.3 is 0 Å². The van der Waals surface area contributed by atoms with E-state index in [1.165, 1.54) is 24.5 Å². The fourth-order valence-corrected chi connectivity index (χ4v) is 3.89. The lowest BCUT2D eigenvalue weighted by Gasteiger charge is -2.12. The molecule has 4 N–H and O–H groups in total. The Morgan fingerprint density at radius 1 is 1.18 bits per heavy atom. The van der Waals surface area contributed by atoms with Crippen molar-refractivity contribution >= 4 is 21.6 Å². The van der Waals surface area contributed by atoms with Gasteiger partial charge in [-0.15, -0.1) is 0 Å². The molecular weight excluding hydrogens is 306 g/mol. The Morgan fingerprint density at radius 2 is 1.91 bits per heavy atom. The van der Waals surface area contributed by atoms with Crippen molar-refractivity contribution in [1.29, 1.82) is 0 Å². The highest BCUT2D eigenvalue weighted by Crippen LogP contribution is 2.27. The van der Waals surface area contributed by atoms with Crippen molar-refractivity contribution in [3.8, 4) is 11.3 Å². The van der Waals surface area contributed by atoms with Crippen LogP contribution in [0.15, 0.2) is 29.4 Å². The molecule has 0 spiro atoms. The molecule has 8 nitrogen and oxygen atoms in total. The second-order valence-corrected chi connectivity index (χ2v) is 7.20. The average Bonchev–Trinajstić information content (AvgIpc) is 3.02. The summed E-state index contributed by atoms with van der Waals surface area (Å²) in [6.45, 7) is 0.647. The van der Waals surface area contributed by atoms with Crippen LogP contribution in [0.25, 0.3) is 11.3 Å². The third kappa shape index (κ3) is 2.72. The molecule has 9 heteroatoms. The van der Waals surface area contributed by atoms with E-state index in [0.29, 0.717) is 24.3 Å². The summed E-state index contributed by atoms with van der Waals surface area (Å²) in [5.74, 6) is 0.246. The number of nitrogens with two attached hydrogens (primary N) is 2. The van der Waals surface area contributed by atoms with E-state index in [0.717, 1.165) is 0 Å². The van der Waals surface area contributed by atoms with Crippen molar-refractivity contribution in [2.24, 2.45) is 0 Å². The summed E-state index contributed by atoms with van der Waals surface area (Å²) in [4.78, 5) is 12.0. The van der Waals surface area contributed by atoms with Crippen LogP contribution in [0.2, 0.25) is 0 Å².